The summed E-state index contributed by atoms with van der Waals surface area (Å²) in [6.45, 7) is 4.97. The molecule has 0 bridgehead atoms. The summed E-state index contributed by atoms with van der Waals surface area (Å²) in [5.74, 6) is 0. The number of nitrogens with zero attached hydrogens (tertiary/aromatic N) is 1. The van der Waals surface area contributed by atoms with Crippen LogP contribution < -0.4 is 0 Å². The summed E-state index contributed by atoms with van der Waals surface area (Å²) >= 11 is 1.74. The number of thioether (sulfide) groups is 1. The van der Waals surface area contributed by atoms with Crippen molar-refractivity contribution in [3.63, 3.8) is 0 Å². The van der Waals surface area contributed by atoms with E-state index in [2.05, 4.69) is 29.5 Å². The van der Waals surface area contributed by atoms with Gasteiger partial charge >= 0.3 is 0 Å². The molecule has 54 valence electrons. The van der Waals surface area contributed by atoms with Crippen molar-refractivity contribution in [1.29, 1.82) is 0 Å². The van der Waals surface area contributed by atoms with Gasteiger partial charge in [0.15, 0.2) is 0 Å². The van der Waals surface area contributed by atoms with E-state index in [1.165, 1.54) is 4.91 Å². The minimum atomic E-state index is 0.873. The Labute approximate surface area is 65.9 Å². The predicted molar refractivity (Wildman–Crippen MR) is 48.5 cm³/mol. The highest BCUT2D eigenvalue weighted by molar-refractivity contribution is 8.07. The van der Waals surface area contributed by atoms with Gasteiger partial charge in [0.2, 0.25) is 0 Å². The molecule has 0 atom stereocenters. The van der Waals surface area contributed by atoms with Crippen molar-refractivity contribution < 1.29 is 0 Å². The van der Waals surface area contributed by atoms with Crippen LogP contribution in [0.15, 0.2) is 27.5 Å². The molecule has 0 unspecified atom stereocenters. The molecule has 1 rings (SSSR count). The van der Waals surface area contributed by atoms with Crippen LogP contribution in [0.5, 0.6) is 0 Å². The molecule has 0 N–H and O–H groups in total. The summed E-state index contributed by atoms with van der Waals surface area (Å²) in [4.78, 5) is 5.60. The normalized spacial score (nSPS) is 25.0. The molecule has 0 spiro atoms. The molecule has 0 aliphatic carbocycles. The first-order valence-electron chi connectivity index (χ1n) is 3.42. The zero-order valence-corrected chi connectivity index (χ0v) is 7.11. The van der Waals surface area contributed by atoms with Crippen LogP contribution in [0.25, 0.3) is 0 Å². The van der Waals surface area contributed by atoms with Crippen LogP contribution in [-0.4, -0.2) is 12.3 Å². The van der Waals surface area contributed by atoms with Gasteiger partial charge in [0.05, 0.1) is 5.71 Å². The maximum atomic E-state index is 4.32. The standard InChI is InChI=1S/C8H11NS/c1-3-8-7(9-4-2)5-6-10-8/h3,5-6H,4H2,1-2H3/b8-3+,9-7?. The average molecular weight is 153 g/mol. The van der Waals surface area contributed by atoms with Gasteiger partial charge in [-0.2, -0.15) is 0 Å². The Morgan fingerprint density at radius 2 is 2.50 bits per heavy atom. The van der Waals surface area contributed by atoms with Gasteiger partial charge in [-0.05, 0) is 25.3 Å². The topological polar surface area (TPSA) is 12.4 Å². The van der Waals surface area contributed by atoms with Crippen LogP contribution in [0.2, 0.25) is 0 Å². The largest absolute Gasteiger partial charge is 0.284 e. The minimum absolute atomic E-state index is 0.873. The average Bonchev–Trinajstić information content (AvgIpc) is 2.36. The second kappa shape index (κ2) is 3.62. The molecule has 0 fully saturated rings. The lowest BCUT2D eigenvalue weighted by Gasteiger charge is -1.94. The van der Waals surface area contributed by atoms with Crippen LogP contribution in [-0.2, 0) is 0 Å². The second-order valence-electron chi connectivity index (χ2n) is 1.93. The Morgan fingerprint density at radius 3 is 3.10 bits per heavy atom. The third-order valence-corrected chi connectivity index (χ3v) is 2.23. The van der Waals surface area contributed by atoms with Crippen LogP contribution in [0, 0.1) is 0 Å². The molecule has 1 aliphatic rings. The van der Waals surface area contributed by atoms with E-state index >= 15 is 0 Å². The highest BCUT2D eigenvalue weighted by atomic mass is 32.2. The molecule has 1 aliphatic heterocycles. The molecule has 0 radical (unpaired) electrons. The fourth-order valence-electron chi connectivity index (χ4n) is 0.831. The lowest BCUT2D eigenvalue weighted by molar-refractivity contribution is 1.13. The quantitative estimate of drug-likeness (QED) is 0.564. The lowest BCUT2D eigenvalue weighted by atomic mass is 10.3. The highest BCUT2D eigenvalue weighted by Crippen LogP contribution is 2.25. The van der Waals surface area contributed by atoms with Gasteiger partial charge in [0.1, 0.15) is 0 Å². The first-order chi connectivity index (χ1) is 4.88. The van der Waals surface area contributed by atoms with Crippen molar-refractivity contribution >= 4 is 17.5 Å². The van der Waals surface area contributed by atoms with E-state index in [1.54, 1.807) is 11.8 Å². The molecule has 2 heteroatoms. The molecule has 0 saturated carbocycles. The van der Waals surface area contributed by atoms with Gasteiger partial charge in [-0.15, -0.1) is 0 Å². The number of aliphatic imine (C=N–C) groups is 1. The summed E-state index contributed by atoms with van der Waals surface area (Å²) in [7, 11) is 0. The zero-order chi connectivity index (χ0) is 7.40. The second-order valence-corrected chi connectivity index (χ2v) is 2.88. The molecule has 1 heterocycles. The zero-order valence-electron chi connectivity index (χ0n) is 6.29. The SMILES string of the molecule is C/C=C1/SC=CC1=NCC. The number of hydrogen-bond acceptors (Lipinski definition) is 2. The molecular weight excluding hydrogens is 142 g/mol. The van der Waals surface area contributed by atoms with Gasteiger partial charge in [-0.25, -0.2) is 0 Å². The first kappa shape index (κ1) is 7.61. The van der Waals surface area contributed by atoms with Gasteiger partial charge in [-0.3, -0.25) is 4.99 Å². The fourth-order valence-corrected chi connectivity index (χ4v) is 1.56. The summed E-state index contributed by atoms with van der Waals surface area (Å²) in [5.41, 5.74) is 1.13. The molecule has 0 aromatic rings. The van der Waals surface area contributed by atoms with Gasteiger partial charge in [0, 0.05) is 11.4 Å². The smallest absolute Gasteiger partial charge is 0.0715 e. The molecular formula is C8H11NS. The Balaban J connectivity index is 2.76. The maximum Gasteiger partial charge on any atom is 0.0715 e. The Morgan fingerprint density at radius 1 is 1.70 bits per heavy atom. The third-order valence-electron chi connectivity index (χ3n) is 1.26. The molecule has 0 amide bonds. The summed E-state index contributed by atoms with van der Waals surface area (Å²) in [6, 6.07) is 0. The Hall–Kier alpha value is -0.500. The van der Waals surface area contributed by atoms with Crippen LogP contribution in [0.3, 0.4) is 0 Å². The van der Waals surface area contributed by atoms with Gasteiger partial charge < -0.3 is 0 Å². The molecule has 1 nitrogen and oxygen atoms in total. The van der Waals surface area contributed by atoms with E-state index in [0.717, 1.165) is 12.3 Å². The van der Waals surface area contributed by atoms with Crippen molar-refractivity contribution in [2.45, 2.75) is 13.8 Å². The number of hydrogen-bond donors (Lipinski definition) is 0. The van der Waals surface area contributed by atoms with Crippen molar-refractivity contribution in [3.05, 3.63) is 22.5 Å². The van der Waals surface area contributed by atoms with E-state index < -0.39 is 0 Å². The Kier molecular flexibility index (Phi) is 2.75. The minimum Gasteiger partial charge on any atom is -0.284 e. The van der Waals surface area contributed by atoms with Crippen molar-refractivity contribution in [3.8, 4) is 0 Å². The van der Waals surface area contributed by atoms with Gasteiger partial charge in [0.25, 0.3) is 0 Å². The fraction of sp³-hybridized carbons (Fsp3) is 0.375. The van der Waals surface area contributed by atoms with Crippen molar-refractivity contribution in [2.75, 3.05) is 6.54 Å². The monoisotopic (exact) mass is 153 g/mol. The van der Waals surface area contributed by atoms with E-state index in [9.17, 15) is 0 Å². The highest BCUT2D eigenvalue weighted by Gasteiger charge is 2.06. The van der Waals surface area contributed by atoms with E-state index in [1.807, 2.05) is 6.92 Å². The summed E-state index contributed by atoms with van der Waals surface area (Å²) < 4.78 is 0. The van der Waals surface area contributed by atoms with E-state index in [0.29, 0.717) is 0 Å². The van der Waals surface area contributed by atoms with Crippen LogP contribution in [0.1, 0.15) is 13.8 Å². The predicted octanol–water partition coefficient (Wildman–Crippen LogP) is 2.61. The summed E-state index contributed by atoms with van der Waals surface area (Å²) in [6.07, 6.45) is 4.16. The number of rotatable bonds is 1. The summed E-state index contributed by atoms with van der Waals surface area (Å²) in [5, 5.41) is 2.07. The Bertz CT molecular complexity index is 201. The number of allylic oxidation sites excluding steroid dienone is 3. The van der Waals surface area contributed by atoms with Crippen molar-refractivity contribution in [2.24, 2.45) is 4.99 Å². The lowest BCUT2D eigenvalue weighted by Crippen LogP contribution is -1.90. The van der Waals surface area contributed by atoms with E-state index in [-0.39, 0.29) is 0 Å². The van der Waals surface area contributed by atoms with Crippen molar-refractivity contribution in [1.82, 2.24) is 0 Å². The maximum absolute atomic E-state index is 4.32. The molecule has 10 heavy (non-hydrogen) atoms. The van der Waals surface area contributed by atoms with Crippen LogP contribution >= 0.6 is 11.8 Å². The van der Waals surface area contributed by atoms with Gasteiger partial charge in [-0.1, -0.05) is 17.8 Å². The van der Waals surface area contributed by atoms with Crippen LogP contribution in [0.4, 0.5) is 0 Å². The molecule has 0 aromatic heterocycles. The molecule has 0 aromatic carbocycles. The van der Waals surface area contributed by atoms with E-state index in [4.69, 9.17) is 0 Å². The molecule has 0 saturated heterocycles. The third kappa shape index (κ3) is 1.51. The first-order valence-corrected chi connectivity index (χ1v) is 4.30.